The van der Waals surface area contributed by atoms with E-state index in [-0.39, 0.29) is 17.5 Å². The minimum Gasteiger partial charge on any atom is -0.364 e. The Morgan fingerprint density at radius 2 is 1.88 bits per heavy atom. The first kappa shape index (κ1) is 23.2. The Balaban J connectivity index is 1.69. The molecule has 4 rings (SSSR count). The number of nitrogens with one attached hydrogen (secondary N) is 2. The molecule has 0 saturated heterocycles. The van der Waals surface area contributed by atoms with E-state index in [1.807, 2.05) is 12.1 Å². The molecule has 33 heavy (non-hydrogen) atoms. The number of aromatic nitrogens is 3. The summed E-state index contributed by atoms with van der Waals surface area (Å²) in [5, 5.41) is 15.3. The number of hydrogen-bond donors (Lipinski definition) is 3. The smallest absolute Gasteiger partial charge is 0.273 e. The van der Waals surface area contributed by atoms with Crippen molar-refractivity contribution in [3.63, 3.8) is 0 Å². The fourth-order valence-electron chi connectivity index (χ4n) is 3.75. The number of halogens is 1. The van der Waals surface area contributed by atoms with Crippen LogP contribution in [0.3, 0.4) is 0 Å². The van der Waals surface area contributed by atoms with Crippen LogP contribution in [0, 0.1) is 0 Å². The lowest BCUT2D eigenvalue weighted by Gasteiger charge is -2.26. The topological polar surface area (TPSA) is 126 Å². The van der Waals surface area contributed by atoms with Gasteiger partial charge >= 0.3 is 0 Å². The van der Waals surface area contributed by atoms with Gasteiger partial charge in [0.15, 0.2) is 11.5 Å². The first-order valence-corrected chi connectivity index (χ1v) is 13.3. The molecule has 172 valence electrons. The number of primary amides is 1. The van der Waals surface area contributed by atoms with Crippen molar-refractivity contribution >= 4 is 53.1 Å². The van der Waals surface area contributed by atoms with Crippen LogP contribution in [0.5, 0.6) is 0 Å². The number of nitrogens with two attached hydrogens (primary N) is 1. The molecule has 0 spiro atoms. The largest absolute Gasteiger partial charge is 0.364 e. The lowest BCUT2D eigenvalue weighted by Crippen LogP contribution is -2.26. The summed E-state index contributed by atoms with van der Waals surface area (Å²) in [6, 6.07) is 11.1. The minimum absolute atomic E-state index is 0.108. The van der Waals surface area contributed by atoms with Gasteiger partial charge in [-0.15, -0.1) is 10.2 Å². The molecular weight excluding hydrogens is 461 g/mol. The molecule has 3 aromatic rings. The molecular formula is C22H25ClN7O2P. The predicted molar refractivity (Wildman–Crippen MR) is 132 cm³/mol. The molecule has 0 bridgehead atoms. The van der Waals surface area contributed by atoms with Gasteiger partial charge in [0.2, 0.25) is 5.95 Å². The molecule has 0 unspecified atom stereocenters. The van der Waals surface area contributed by atoms with Gasteiger partial charge in [0, 0.05) is 18.4 Å². The molecule has 0 radical (unpaired) electrons. The van der Waals surface area contributed by atoms with Crippen LogP contribution < -0.4 is 21.7 Å². The quantitative estimate of drug-likeness (QED) is 0.454. The monoisotopic (exact) mass is 485 g/mol. The molecule has 11 heteroatoms. The molecule has 0 aliphatic carbocycles. The van der Waals surface area contributed by atoms with Crippen molar-refractivity contribution in [1.82, 2.24) is 20.1 Å². The third-order valence-electron chi connectivity index (χ3n) is 5.40. The Morgan fingerprint density at radius 1 is 1.12 bits per heavy atom. The van der Waals surface area contributed by atoms with Crippen LogP contribution in [0.1, 0.15) is 21.6 Å². The van der Waals surface area contributed by atoms with E-state index in [1.165, 1.54) is 11.1 Å². The summed E-state index contributed by atoms with van der Waals surface area (Å²) < 4.78 is 12.7. The van der Waals surface area contributed by atoms with Gasteiger partial charge in [0.1, 0.15) is 7.14 Å². The Kier molecular flexibility index (Phi) is 6.38. The van der Waals surface area contributed by atoms with Gasteiger partial charge in [-0.3, -0.25) is 4.79 Å². The molecule has 4 N–H and O–H groups in total. The van der Waals surface area contributed by atoms with Crippen molar-refractivity contribution in [2.75, 3.05) is 37.6 Å². The summed E-state index contributed by atoms with van der Waals surface area (Å²) in [4.78, 5) is 18.6. The van der Waals surface area contributed by atoms with Gasteiger partial charge < -0.3 is 25.8 Å². The van der Waals surface area contributed by atoms with Gasteiger partial charge in [-0.1, -0.05) is 23.7 Å². The molecule has 1 amide bonds. The first-order chi connectivity index (χ1) is 15.6. The van der Waals surface area contributed by atoms with Crippen molar-refractivity contribution in [2.24, 2.45) is 5.73 Å². The summed E-state index contributed by atoms with van der Waals surface area (Å²) in [5.41, 5.74) is 8.94. The van der Waals surface area contributed by atoms with Crippen molar-refractivity contribution in [1.29, 1.82) is 0 Å². The number of amides is 1. The fourth-order valence-corrected chi connectivity index (χ4v) is 5.13. The predicted octanol–water partition coefficient (Wildman–Crippen LogP) is 3.35. The molecule has 2 heterocycles. The van der Waals surface area contributed by atoms with Gasteiger partial charge in [-0.2, -0.15) is 4.98 Å². The van der Waals surface area contributed by atoms with Crippen molar-refractivity contribution in [2.45, 2.75) is 13.0 Å². The first-order valence-electron chi connectivity index (χ1n) is 10.3. The number of fused-ring (bicyclic) bond motifs is 1. The van der Waals surface area contributed by atoms with Crippen molar-refractivity contribution in [3.05, 3.63) is 58.2 Å². The number of likely N-dealkylation sites (N-methyl/N-ethyl adjacent to an activating group) is 1. The number of carbonyl (C=O) groups excluding carboxylic acids is 1. The Hall–Kier alpha value is -3.00. The number of carbonyl (C=O) groups is 1. The van der Waals surface area contributed by atoms with Crippen LogP contribution in [-0.4, -0.2) is 52.9 Å². The van der Waals surface area contributed by atoms with Crippen LogP contribution in [-0.2, 0) is 17.5 Å². The van der Waals surface area contributed by atoms with Crippen LogP contribution >= 0.6 is 18.7 Å². The lowest BCUT2D eigenvalue weighted by molar-refractivity contribution is 0.0995. The number of para-hydroxylation sites is 1. The van der Waals surface area contributed by atoms with E-state index in [1.54, 1.807) is 37.6 Å². The molecule has 0 fully saturated rings. The van der Waals surface area contributed by atoms with E-state index in [2.05, 4.69) is 37.8 Å². The molecule has 0 atom stereocenters. The van der Waals surface area contributed by atoms with E-state index in [0.29, 0.717) is 21.7 Å². The highest BCUT2D eigenvalue weighted by atomic mass is 35.5. The maximum absolute atomic E-state index is 12.7. The zero-order valence-electron chi connectivity index (χ0n) is 18.6. The highest BCUT2D eigenvalue weighted by Crippen LogP contribution is 2.38. The van der Waals surface area contributed by atoms with Crippen LogP contribution in [0.25, 0.3) is 0 Å². The average molecular weight is 486 g/mol. The van der Waals surface area contributed by atoms with Crippen LogP contribution in [0.4, 0.5) is 23.1 Å². The van der Waals surface area contributed by atoms with Crippen LogP contribution in [0.2, 0.25) is 5.02 Å². The lowest BCUT2D eigenvalue weighted by atomic mass is 9.99. The second kappa shape index (κ2) is 9.09. The van der Waals surface area contributed by atoms with Gasteiger partial charge in [-0.05, 0) is 62.2 Å². The summed E-state index contributed by atoms with van der Waals surface area (Å²) >= 11 is 6.50. The number of rotatable bonds is 6. The van der Waals surface area contributed by atoms with E-state index < -0.39 is 13.0 Å². The summed E-state index contributed by atoms with van der Waals surface area (Å²) in [5.74, 6) is -0.531. The van der Waals surface area contributed by atoms with Crippen LogP contribution in [0.15, 0.2) is 36.4 Å². The molecule has 1 aliphatic rings. The summed E-state index contributed by atoms with van der Waals surface area (Å²) in [7, 11) is -0.525. The molecule has 1 aromatic heterocycles. The Morgan fingerprint density at radius 3 is 2.61 bits per heavy atom. The Labute approximate surface area is 197 Å². The standard InChI is InChI=1S/C22H25ClN7O2P/c1-30-9-8-13-11-17(15(23)10-14(13)12-30)26-22-27-21(19(20(24)31)28-29-22)25-16-6-4-5-7-18(16)33(2,3)32/h4-7,10-11H,8-9,12H2,1-3H3,(H2,24,31)(H2,25,26,27,29). The van der Waals surface area contributed by atoms with E-state index in [0.717, 1.165) is 19.5 Å². The number of benzene rings is 2. The van der Waals surface area contributed by atoms with Gasteiger partial charge in [-0.25, -0.2) is 0 Å². The maximum atomic E-state index is 12.7. The Bertz CT molecular complexity index is 1280. The number of hydrogen-bond acceptors (Lipinski definition) is 8. The second-order valence-corrected chi connectivity index (χ2v) is 12.0. The third-order valence-corrected chi connectivity index (χ3v) is 7.26. The highest BCUT2D eigenvalue weighted by molar-refractivity contribution is 7.70. The third kappa shape index (κ3) is 5.16. The van der Waals surface area contributed by atoms with E-state index in [9.17, 15) is 9.36 Å². The number of anilines is 4. The normalized spacial score (nSPS) is 13.9. The van der Waals surface area contributed by atoms with Gasteiger partial charge in [0.25, 0.3) is 5.91 Å². The molecule has 1 aliphatic heterocycles. The van der Waals surface area contributed by atoms with E-state index in [4.69, 9.17) is 17.3 Å². The van der Waals surface area contributed by atoms with E-state index >= 15 is 0 Å². The maximum Gasteiger partial charge on any atom is 0.273 e. The summed E-state index contributed by atoms with van der Waals surface area (Å²) in [6.07, 6.45) is 0.912. The van der Waals surface area contributed by atoms with Crippen molar-refractivity contribution in [3.8, 4) is 0 Å². The second-order valence-electron chi connectivity index (χ2n) is 8.40. The summed E-state index contributed by atoms with van der Waals surface area (Å²) in [6.45, 7) is 5.14. The van der Waals surface area contributed by atoms with Crippen molar-refractivity contribution < 1.29 is 9.36 Å². The highest BCUT2D eigenvalue weighted by Gasteiger charge is 2.21. The molecule has 9 nitrogen and oxygen atoms in total. The zero-order valence-corrected chi connectivity index (χ0v) is 20.2. The SMILES string of the molecule is CN1CCc2cc(Nc3nnc(C(N)=O)c(Nc4ccccc4P(C)(C)=O)n3)c(Cl)cc2C1. The molecule has 2 aromatic carbocycles. The number of nitrogens with zero attached hydrogens (tertiary/aromatic N) is 4. The average Bonchev–Trinajstić information content (AvgIpc) is 2.74. The fraction of sp³-hybridized carbons (Fsp3) is 0.273. The molecule has 0 saturated carbocycles. The van der Waals surface area contributed by atoms with Gasteiger partial charge in [0.05, 0.1) is 16.4 Å². The zero-order chi connectivity index (χ0) is 23.8. The minimum atomic E-state index is -2.60.